The molecule has 1 unspecified atom stereocenters. The highest BCUT2D eigenvalue weighted by Crippen LogP contribution is 2.20. The monoisotopic (exact) mass is 423 g/mol. The van der Waals surface area contributed by atoms with Crippen LogP contribution in [0.2, 0.25) is 0 Å². The zero-order valence-corrected chi connectivity index (χ0v) is 17.6. The highest BCUT2D eigenvalue weighted by Gasteiger charge is 2.19. The van der Waals surface area contributed by atoms with E-state index in [4.69, 9.17) is 9.47 Å². The van der Waals surface area contributed by atoms with Crippen LogP contribution in [0.15, 0.2) is 48.5 Å². The third kappa shape index (κ3) is 5.98. The maximum Gasteiger partial charge on any atom is 0.253 e. The molecule has 2 aromatic carbocycles. The van der Waals surface area contributed by atoms with Gasteiger partial charge in [-0.3, -0.25) is 9.59 Å². The first kappa shape index (κ1) is 21.2. The van der Waals surface area contributed by atoms with Crippen molar-refractivity contribution in [3.8, 4) is 5.75 Å². The van der Waals surface area contributed by atoms with Crippen LogP contribution in [0.1, 0.15) is 36.0 Å². The lowest BCUT2D eigenvalue weighted by atomic mass is 10.1. The number of benzene rings is 2. The number of nitrogens with zero attached hydrogens (tertiary/aromatic N) is 1. The van der Waals surface area contributed by atoms with Gasteiger partial charge in [0.05, 0.1) is 12.6 Å². The number of hydrogen-bond donors (Lipinski definition) is 2. The maximum absolute atomic E-state index is 12.5. The summed E-state index contributed by atoms with van der Waals surface area (Å²) >= 11 is 0. The molecule has 7 heteroatoms. The van der Waals surface area contributed by atoms with Crippen molar-refractivity contribution in [3.05, 3.63) is 54.1 Å². The predicted molar refractivity (Wildman–Crippen MR) is 120 cm³/mol. The second-order valence-corrected chi connectivity index (χ2v) is 7.96. The van der Waals surface area contributed by atoms with Gasteiger partial charge < -0.3 is 25.0 Å². The molecule has 164 valence electrons. The van der Waals surface area contributed by atoms with E-state index in [9.17, 15) is 9.59 Å². The minimum atomic E-state index is -0.174. The maximum atomic E-state index is 12.5. The number of hydrogen-bond acceptors (Lipinski definition) is 5. The Hall–Kier alpha value is -3.06. The fourth-order valence-corrected chi connectivity index (χ4v) is 3.88. The third-order valence-electron chi connectivity index (χ3n) is 5.53. The number of carbonyl (C=O) groups is 2. The van der Waals surface area contributed by atoms with Crippen LogP contribution >= 0.6 is 0 Å². The summed E-state index contributed by atoms with van der Waals surface area (Å²) < 4.78 is 11.4. The molecule has 0 aromatic heterocycles. The molecule has 2 amide bonds. The van der Waals surface area contributed by atoms with Gasteiger partial charge in [-0.15, -0.1) is 0 Å². The Bertz CT molecular complexity index is 905. The van der Waals surface area contributed by atoms with Crippen molar-refractivity contribution in [2.45, 2.75) is 31.8 Å². The predicted octanol–water partition coefficient (Wildman–Crippen LogP) is 3.53. The number of anilines is 2. The zero-order chi connectivity index (χ0) is 21.5. The average molecular weight is 424 g/mol. The van der Waals surface area contributed by atoms with Crippen molar-refractivity contribution in [3.63, 3.8) is 0 Å². The Labute approximate surface area is 182 Å². The molecule has 2 aromatic rings. The Morgan fingerprint density at radius 1 is 1.03 bits per heavy atom. The van der Waals surface area contributed by atoms with Gasteiger partial charge in [-0.1, -0.05) is 12.1 Å². The molecule has 2 aliphatic heterocycles. The first-order valence-corrected chi connectivity index (χ1v) is 10.9. The molecule has 0 aliphatic carbocycles. The molecule has 0 saturated carbocycles. The normalized spacial score (nSPS) is 18.1. The van der Waals surface area contributed by atoms with Gasteiger partial charge in [0.15, 0.2) is 0 Å². The van der Waals surface area contributed by atoms with Gasteiger partial charge in [-0.2, -0.15) is 0 Å². The van der Waals surface area contributed by atoms with E-state index in [2.05, 4.69) is 10.6 Å². The van der Waals surface area contributed by atoms with E-state index in [0.29, 0.717) is 23.6 Å². The smallest absolute Gasteiger partial charge is 0.253 e. The number of likely N-dealkylation sites (tertiary alicyclic amines) is 1. The summed E-state index contributed by atoms with van der Waals surface area (Å²) in [6, 6.07) is 14.6. The molecule has 2 N–H and O–H groups in total. The van der Waals surface area contributed by atoms with E-state index >= 15 is 0 Å². The lowest BCUT2D eigenvalue weighted by molar-refractivity contribution is -0.114. The summed E-state index contributed by atoms with van der Waals surface area (Å²) in [5.74, 6) is 0.576. The number of carbonyl (C=O) groups excluding carboxylic acids is 2. The first-order chi connectivity index (χ1) is 15.2. The molecule has 7 nitrogen and oxygen atoms in total. The van der Waals surface area contributed by atoms with E-state index in [1.807, 2.05) is 47.4 Å². The molecule has 2 heterocycles. The standard InChI is InChI=1S/C24H29N3O4/c28-23(26-20-8-4-9-21(15-20)31-17-22-10-5-13-30-22)16-25-19-7-3-6-18(14-19)24(29)27-11-1-2-12-27/h3-4,6-9,14-15,22,25H,1-2,5,10-13,16-17H2,(H,26,28). The topological polar surface area (TPSA) is 79.9 Å². The van der Waals surface area contributed by atoms with E-state index < -0.39 is 0 Å². The van der Waals surface area contributed by atoms with Crippen LogP contribution in [0.25, 0.3) is 0 Å². The van der Waals surface area contributed by atoms with Crippen LogP contribution in [0.4, 0.5) is 11.4 Å². The minimum absolute atomic E-state index is 0.0467. The van der Waals surface area contributed by atoms with Crippen LogP contribution in [0, 0.1) is 0 Å². The van der Waals surface area contributed by atoms with E-state index in [-0.39, 0.29) is 24.5 Å². The molecule has 4 rings (SSSR count). The number of rotatable bonds is 8. The van der Waals surface area contributed by atoms with Crippen LogP contribution in [0.3, 0.4) is 0 Å². The van der Waals surface area contributed by atoms with Crippen LogP contribution in [0.5, 0.6) is 5.75 Å². The molecular weight excluding hydrogens is 394 g/mol. The van der Waals surface area contributed by atoms with Gasteiger partial charge in [0.1, 0.15) is 12.4 Å². The summed E-state index contributed by atoms with van der Waals surface area (Å²) in [7, 11) is 0. The molecule has 1 atom stereocenters. The lowest BCUT2D eigenvalue weighted by Gasteiger charge is -2.16. The van der Waals surface area contributed by atoms with Crippen LogP contribution in [-0.2, 0) is 9.53 Å². The zero-order valence-electron chi connectivity index (χ0n) is 17.6. The molecule has 31 heavy (non-hydrogen) atoms. The quantitative estimate of drug-likeness (QED) is 0.679. The summed E-state index contributed by atoms with van der Waals surface area (Å²) in [6.07, 6.45) is 4.37. The van der Waals surface area contributed by atoms with Crippen LogP contribution in [-0.4, -0.2) is 55.7 Å². The van der Waals surface area contributed by atoms with E-state index in [1.165, 1.54) is 0 Å². The summed E-state index contributed by atoms with van der Waals surface area (Å²) in [6.45, 7) is 3.05. The van der Waals surface area contributed by atoms with Crippen LogP contribution < -0.4 is 15.4 Å². The fraction of sp³-hybridized carbons (Fsp3) is 0.417. The molecule has 0 bridgehead atoms. The number of ether oxygens (including phenoxy) is 2. The molecule has 2 aliphatic rings. The summed E-state index contributed by atoms with van der Waals surface area (Å²) in [5.41, 5.74) is 2.06. The Balaban J connectivity index is 1.27. The Morgan fingerprint density at radius 2 is 1.84 bits per heavy atom. The molecule has 0 radical (unpaired) electrons. The highest BCUT2D eigenvalue weighted by atomic mass is 16.5. The molecule has 0 spiro atoms. The third-order valence-corrected chi connectivity index (χ3v) is 5.53. The Kier molecular flexibility index (Phi) is 7.04. The van der Waals surface area contributed by atoms with Crippen molar-refractivity contribution in [1.82, 2.24) is 4.90 Å². The van der Waals surface area contributed by atoms with Gasteiger partial charge in [0.2, 0.25) is 5.91 Å². The van der Waals surface area contributed by atoms with E-state index in [1.54, 1.807) is 6.07 Å². The van der Waals surface area contributed by atoms with E-state index in [0.717, 1.165) is 51.1 Å². The van der Waals surface area contributed by atoms with Gasteiger partial charge in [0, 0.05) is 42.7 Å². The van der Waals surface area contributed by atoms with Gasteiger partial charge in [-0.05, 0) is 56.0 Å². The number of nitrogens with one attached hydrogen (secondary N) is 2. The van der Waals surface area contributed by atoms with Crippen molar-refractivity contribution in [1.29, 1.82) is 0 Å². The minimum Gasteiger partial charge on any atom is -0.491 e. The average Bonchev–Trinajstić information content (AvgIpc) is 3.51. The Morgan fingerprint density at radius 3 is 2.65 bits per heavy atom. The molecule has 2 fully saturated rings. The fourth-order valence-electron chi connectivity index (χ4n) is 3.88. The van der Waals surface area contributed by atoms with Crippen molar-refractivity contribution < 1.29 is 19.1 Å². The number of amides is 2. The first-order valence-electron chi connectivity index (χ1n) is 10.9. The molecular formula is C24H29N3O4. The SMILES string of the molecule is O=C(CNc1cccc(C(=O)N2CCCC2)c1)Nc1cccc(OCC2CCCO2)c1. The lowest BCUT2D eigenvalue weighted by Crippen LogP contribution is -2.27. The second-order valence-electron chi connectivity index (χ2n) is 7.96. The van der Waals surface area contributed by atoms with Gasteiger partial charge >= 0.3 is 0 Å². The second kappa shape index (κ2) is 10.3. The van der Waals surface area contributed by atoms with Crippen molar-refractivity contribution in [2.75, 3.05) is 43.5 Å². The van der Waals surface area contributed by atoms with Gasteiger partial charge in [0.25, 0.3) is 5.91 Å². The summed E-state index contributed by atoms with van der Waals surface area (Å²) in [4.78, 5) is 26.8. The van der Waals surface area contributed by atoms with Crippen molar-refractivity contribution >= 4 is 23.2 Å². The largest absolute Gasteiger partial charge is 0.491 e. The van der Waals surface area contributed by atoms with Gasteiger partial charge in [-0.25, -0.2) is 0 Å². The highest BCUT2D eigenvalue weighted by molar-refractivity contribution is 5.96. The molecule has 2 saturated heterocycles. The summed E-state index contributed by atoms with van der Waals surface area (Å²) in [5, 5.41) is 5.97. The van der Waals surface area contributed by atoms with Crippen molar-refractivity contribution in [2.24, 2.45) is 0 Å².